The van der Waals surface area contributed by atoms with E-state index in [2.05, 4.69) is 20.9 Å². The molecular formula is C21H26N4O3. The normalized spacial score (nSPS) is 20.0. The van der Waals surface area contributed by atoms with E-state index in [4.69, 9.17) is 0 Å². The maximum absolute atomic E-state index is 12.5. The first kappa shape index (κ1) is 18.7. The van der Waals surface area contributed by atoms with Gasteiger partial charge in [0.05, 0.1) is 6.10 Å². The number of aliphatic hydroxyl groups is 1. The SMILES string of the molecule is O=C(NCC(O)[C@@H]1Cc2ccc(O)cc2CN1)c1ccnc(NC2CCC2)c1. The average Bonchev–Trinajstić information content (AvgIpc) is 2.68. The van der Waals surface area contributed by atoms with Crippen LogP contribution in [0.5, 0.6) is 5.75 Å². The van der Waals surface area contributed by atoms with E-state index in [9.17, 15) is 15.0 Å². The van der Waals surface area contributed by atoms with Crippen LogP contribution in [-0.2, 0) is 13.0 Å². The zero-order valence-electron chi connectivity index (χ0n) is 15.7. The van der Waals surface area contributed by atoms with Crippen LogP contribution in [0.25, 0.3) is 0 Å². The van der Waals surface area contributed by atoms with E-state index in [1.807, 2.05) is 6.07 Å². The Hall–Kier alpha value is -2.64. The molecule has 0 bridgehead atoms. The van der Waals surface area contributed by atoms with Crippen LogP contribution in [0.15, 0.2) is 36.5 Å². The smallest absolute Gasteiger partial charge is 0.251 e. The van der Waals surface area contributed by atoms with Gasteiger partial charge in [-0.25, -0.2) is 4.98 Å². The fourth-order valence-corrected chi connectivity index (χ4v) is 3.65. The number of fused-ring (bicyclic) bond motifs is 1. The summed E-state index contributed by atoms with van der Waals surface area (Å²) in [4.78, 5) is 16.7. The van der Waals surface area contributed by atoms with Gasteiger partial charge in [0.15, 0.2) is 0 Å². The summed E-state index contributed by atoms with van der Waals surface area (Å²) < 4.78 is 0. The summed E-state index contributed by atoms with van der Waals surface area (Å²) >= 11 is 0. The van der Waals surface area contributed by atoms with Crippen molar-refractivity contribution in [3.63, 3.8) is 0 Å². The lowest BCUT2D eigenvalue weighted by atomic mass is 9.92. The lowest BCUT2D eigenvalue weighted by Gasteiger charge is -2.30. The number of phenolic OH excluding ortho intramolecular Hbond substituents is 1. The molecule has 2 heterocycles. The number of rotatable bonds is 6. The molecule has 1 aromatic carbocycles. The Morgan fingerprint density at radius 2 is 2.11 bits per heavy atom. The number of carbonyl (C=O) groups excluding carboxylic acids is 1. The van der Waals surface area contributed by atoms with E-state index in [1.165, 1.54) is 6.42 Å². The molecule has 7 nitrogen and oxygen atoms in total. The van der Waals surface area contributed by atoms with E-state index in [0.29, 0.717) is 30.4 Å². The Labute approximate surface area is 164 Å². The predicted molar refractivity (Wildman–Crippen MR) is 106 cm³/mol. The van der Waals surface area contributed by atoms with Crippen LogP contribution < -0.4 is 16.0 Å². The van der Waals surface area contributed by atoms with Gasteiger partial charge in [-0.15, -0.1) is 0 Å². The molecule has 1 amide bonds. The minimum Gasteiger partial charge on any atom is -0.508 e. The Balaban J connectivity index is 1.31. The molecule has 2 aliphatic rings. The third kappa shape index (κ3) is 4.26. The lowest BCUT2D eigenvalue weighted by molar-refractivity contribution is 0.0870. The van der Waals surface area contributed by atoms with Crippen molar-refractivity contribution in [1.29, 1.82) is 0 Å². The zero-order valence-corrected chi connectivity index (χ0v) is 15.7. The van der Waals surface area contributed by atoms with Crippen molar-refractivity contribution in [2.24, 2.45) is 0 Å². The van der Waals surface area contributed by atoms with Crippen molar-refractivity contribution in [1.82, 2.24) is 15.6 Å². The maximum Gasteiger partial charge on any atom is 0.251 e. The highest BCUT2D eigenvalue weighted by atomic mass is 16.3. The Bertz CT molecular complexity index is 853. The molecule has 2 atom stereocenters. The monoisotopic (exact) mass is 382 g/mol. The highest BCUT2D eigenvalue weighted by molar-refractivity contribution is 5.94. The first-order chi connectivity index (χ1) is 13.6. The third-order valence-electron chi connectivity index (χ3n) is 5.60. The number of carbonyl (C=O) groups is 1. The molecule has 2 aromatic rings. The number of hydrogen-bond acceptors (Lipinski definition) is 6. The minimum atomic E-state index is -0.708. The van der Waals surface area contributed by atoms with E-state index < -0.39 is 6.10 Å². The fraction of sp³-hybridized carbons (Fsp3) is 0.429. The van der Waals surface area contributed by atoms with Crippen molar-refractivity contribution in [3.05, 3.63) is 53.2 Å². The molecule has 4 rings (SSSR count). The predicted octanol–water partition coefficient (Wildman–Crippen LogP) is 1.56. The average molecular weight is 382 g/mol. The quantitative estimate of drug-likeness (QED) is 0.519. The Morgan fingerprint density at radius 1 is 1.25 bits per heavy atom. The summed E-state index contributed by atoms with van der Waals surface area (Å²) in [6.07, 6.45) is 5.08. The molecule has 1 saturated carbocycles. The highest BCUT2D eigenvalue weighted by Crippen LogP contribution is 2.23. The van der Waals surface area contributed by atoms with Crippen molar-refractivity contribution in [3.8, 4) is 5.75 Å². The molecule has 148 valence electrons. The molecule has 1 aromatic heterocycles. The van der Waals surface area contributed by atoms with Crippen molar-refractivity contribution in [2.45, 2.75) is 50.4 Å². The zero-order chi connectivity index (χ0) is 19.5. The number of benzene rings is 1. The van der Waals surface area contributed by atoms with Gasteiger partial charge in [0.25, 0.3) is 5.91 Å². The number of amides is 1. The van der Waals surface area contributed by atoms with E-state index >= 15 is 0 Å². The summed E-state index contributed by atoms with van der Waals surface area (Å²) in [5.41, 5.74) is 2.67. The number of hydrogen-bond donors (Lipinski definition) is 5. The van der Waals surface area contributed by atoms with Crippen molar-refractivity contribution in [2.75, 3.05) is 11.9 Å². The first-order valence-corrected chi connectivity index (χ1v) is 9.81. The van der Waals surface area contributed by atoms with Gasteiger partial charge in [-0.3, -0.25) is 4.79 Å². The second-order valence-electron chi connectivity index (χ2n) is 7.62. The van der Waals surface area contributed by atoms with Crippen LogP contribution in [0.4, 0.5) is 5.82 Å². The van der Waals surface area contributed by atoms with Crippen LogP contribution in [0.2, 0.25) is 0 Å². The molecule has 0 spiro atoms. The van der Waals surface area contributed by atoms with Crippen LogP contribution in [-0.4, -0.2) is 45.8 Å². The van der Waals surface area contributed by atoms with Gasteiger partial charge >= 0.3 is 0 Å². The van der Waals surface area contributed by atoms with Gasteiger partial charge in [0, 0.05) is 36.9 Å². The molecule has 1 unspecified atom stereocenters. The summed E-state index contributed by atoms with van der Waals surface area (Å²) in [6.45, 7) is 0.748. The molecule has 7 heteroatoms. The number of nitrogens with one attached hydrogen (secondary N) is 3. The van der Waals surface area contributed by atoms with Gasteiger partial charge in [-0.2, -0.15) is 0 Å². The molecular weight excluding hydrogens is 356 g/mol. The maximum atomic E-state index is 12.5. The second-order valence-corrected chi connectivity index (χ2v) is 7.62. The number of aromatic hydroxyl groups is 1. The standard InChI is InChI=1S/C21H26N4O3/c26-17-5-4-13-9-18(23-11-15(13)8-17)19(27)12-24-21(28)14-6-7-22-20(10-14)25-16-2-1-3-16/h4-8,10,16,18-19,23,26-27H,1-3,9,11-12H2,(H,22,25)(H,24,28)/t18-,19?/m0/s1. The van der Waals surface area contributed by atoms with Gasteiger partial charge < -0.3 is 26.2 Å². The number of pyridine rings is 1. The Morgan fingerprint density at radius 3 is 2.89 bits per heavy atom. The molecule has 1 aliphatic carbocycles. The number of aliphatic hydroxyl groups excluding tert-OH is 1. The lowest BCUT2D eigenvalue weighted by Crippen LogP contribution is -2.49. The summed E-state index contributed by atoms with van der Waals surface area (Å²) in [5, 5.41) is 29.5. The molecule has 5 N–H and O–H groups in total. The number of nitrogens with zero attached hydrogens (tertiary/aromatic N) is 1. The van der Waals surface area contributed by atoms with E-state index in [1.54, 1.807) is 30.5 Å². The minimum absolute atomic E-state index is 0.148. The van der Waals surface area contributed by atoms with Crippen LogP contribution in [0, 0.1) is 0 Å². The summed E-state index contributed by atoms with van der Waals surface area (Å²) in [5.74, 6) is 0.737. The molecule has 0 radical (unpaired) electrons. The van der Waals surface area contributed by atoms with Gasteiger partial charge in [-0.05, 0) is 61.1 Å². The third-order valence-corrected chi connectivity index (χ3v) is 5.60. The summed E-state index contributed by atoms with van der Waals surface area (Å²) in [6, 6.07) is 9.02. The number of anilines is 1. The van der Waals surface area contributed by atoms with Gasteiger partial charge in [-0.1, -0.05) is 6.07 Å². The topological polar surface area (TPSA) is 107 Å². The molecule has 0 saturated heterocycles. The van der Waals surface area contributed by atoms with Crippen LogP contribution in [0.3, 0.4) is 0 Å². The largest absolute Gasteiger partial charge is 0.508 e. The first-order valence-electron chi connectivity index (χ1n) is 9.81. The van der Waals surface area contributed by atoms with E-state index in [-0.39, 0.29) is 24.2 Å². The molecule has 1 aliphatic heterocycles. The molecule has 1 fully saturated rings. The van der Waals surface area contributed by atoms with Gasteiger partial charge in [0.1, 0.15) is 11.6 Å². The second kappa shape index (κ2) is 8.16. The highest BCUT2D eigenvalue weighted by Gasteiger charge is 2.25. The Kier molecular flexibility index (Phi) is 5.45. The number of aromatic nitrogens is 1. The van der Waals surface area contributed by atoms with E-state index in [0.717, 1.165) is 24.0 Å². The van der Waals surface area contributed by atoms with Crippen molar-refractivity contribution < 1.29 is 15.0 Å². The van der Waals surface area contributed by atoms with Crippen molar-refractivity contribution >= 4 is 11.7 Å². The molecule has 28 heavy (non-hydrogen) atoms. The van der Waals surface area contributed by atoms with Crippen LogP contribution >= 0.6 is 0 Å². The number of phenols is 1. The summed E-state index contributed by atoms with van der Waals surface area (Å²) in [7, 11) is 0. The fourth-order valence-electron chi connectivity index (χ4n) is 3.65. The van der Waals surface area contributed by atoms with Crippen LogP contribution in [0.1, 0.15) is 40.7 Å². The van der Waals surface area contributed by atoms with Gasteiger partial charge in [0.2, 0.25) is 0 Å².